The number of nitrogens with one attached hydrogen (secondary N) is 1. The average molecular weight is 339 g/mol. The van der Waals surface area contributed by atoms with Crippen LogP contribution in [-0.4, -0.2) is 43.4 Å². The first kappa shape index (κ1) is 20.1. The minimum atomic E-state index is -0.229. The highest BCUT2D eigenvalue weighted by atomic mass is 16.2. The summed E-state index contributed by atoms with van der Waals surface area (Å²) >= 11 is 0. The Morgan fingerprint density at radius 1 is 1.32 bits per heavy atom. The Balaban J connectivity index is 3.13. The molecule has 0 unspecified atom stereocenters. The highest BCUT2D eigenvalue weighted by Crippen LogP contribution is 2.13. The highest BCUT2D eigenvalue weighted by Gasteiger charge is 2.18. The van der Waals surface area contributed by atoms with Gasteiger partial charge in [0, 0.05) is 19.7 Å². The summed E-state index contributed by atoms with van der Waals surface area (Å²) in [5, 5.41) is 4.32. The van der Waals surface area contributed by atoms with E-state index in [2.05, 4.69) is 17.1 Å². The third-order valence-electron chi connectivity index (χ3n) is 3.55. The normalized spacial score (nSPS) is 11.1. The number of nitrogens with zero attached hydrogens (tertiary/aromatic N) is 2. The molecule has 25 heavy (non-hydrogen) atoms. The van der Waals surface area contributed by atoms with Gasteiger partial charge in [0.1, 0.15) is 0 Å². The van der Waals surface area contributed by atoms with E-state index in [4.69, 9.17) is 0 Å². The molecule has 0 spiro atoms. The summed E-state index contributed by atoms with van der Waals surface area (Å²) in [6.07, 6.45) is 6.13. The van der Waals surface area contributed by atoms with Crippen LogP contribution in [0.4, 0.5) is 0 Å². The number of carbonyl (C=O) groups excluding carboxylic acids is 2. The van der Waals surface area contributed by atoms with Gasteiger partial charge in [-0.05, 0) is 25.5 Å². The predicted octanol–water partition coefficient (Wildman–Crippen LogP) is 3.23. The van der Waals surface area contributed by atoms with Crippen molar-refractivity contribution in [3.8, 4) is 0 Å². The molecule has 1 amide bonds. The maximum atomic E-state index is 12.7. The van der Waals surface area contributed by atoms with Crippen LogP contribution < -0.4 is 5.43 Å². The average Bonchev–Trinajstić information content (AvgIpc) is 2.61. The van der Waals surface area contributed by atoms with Crippen molar-refractivity contribution >= 4 is 17.9 Å². The fourth-order valence-electron chi connectivity index (χ4n) is 2.33. The molecule has 1 N–H and O–H groups in total. The monoisotopic (exact) mass is 339 g/mol. The number of carbonyl (C=O) groups is 2. The molecule has 5 heteroatoms. The smallest absolute Gasteiger partial charge is 0.254 e. The van der Waals surface area contributed by atoms with Crippen LogP contribution in [0.25, 0.3) is 0 Å². The number of hydrogen-bond acceptors (Lipinski definition) is 4. The topological polar surface area (TPSA) is 61.8 Å². The fourth-order valence-corrected chi connectivity index (χ4v) is 2.33. The third kappa shape index (κ3) is 5.57. The predicted molar refractivity (Wildman–Crippen MR) is 103 cm³/mol. The Labute approximate surface area is 149 Å². The molecule has 1 aromatic rings. The molecule has 5 nitrogen and oxygen atoms in total. The first-order chi connectivity index (χ1) is 12.0. The van der Waals surface area contributed by atoms with Crippen LogP contribution in [0.3, 0.4) is 0 Å². The molecule has 1 rings (SSSR count). The molecule has 0 saturated heterocycles. The van der Waals surface area contributed by atoms with Gasteiger partial charge in [-0.25, -0.2) is 0 Å². The van der Waals surface area contributed by atoms with Gasteiger partial charge in [0.05, 0.1) is 17.8 Å². The molecule has 0 fully saturated rings. The van der Waals surface area contributed by atoms with E-state index in [0.29, 0.717) is 24.0 Å². The van der Waals surface area contributed by atoms with Crippen molar-refractivity contribution in [3.63, 3.8) is 0 Å². The lowest BCUT2D eigenvalue weighted by molar-refractivity contribution is 0.0811. The van der Waals surface area contributed by atoms with Crippen molar-refractivity contribution in [2.75, 3.05) is 20.6 Å². The van der Waals surface area contributed by atoms with Gasteiger partial charge < -0.3 is 10.3 Å². The van der Waals surface area contributed by atoms with Crippen LogP contribution in [0, 0.1) is 0 Å². The Morgan fingerprint density at radius 3 is 2.56 bits per heavy atom. The molecule has 0 aliphatic heterocycles. The number of benzene rings is 1. The number of allylic oxidation sites excluding steroid dienone is 4. The summed E-state index contributed by atoms with van der Waals surface area (Å²) < 4.78 is 0. The zero-order valence-electron chi connectivity index (χ0n) is 15.2. The SMILES string of the molecule is C=C/C=C\C(=C(C)C)/C(CN(C)C(=O)c1ccccc1C=O)=N\NC. The molecular weight excluding hydrogens is 314 g/mol. The summed E-state index contributed by atoms with van der Waals surface area (Å²) in [6.45, 7) is 7.95. The van der Waals surface area contributed by atoms with Gasteiger partial charge in [-0.1, -0.05) is 48.6 Å². The molecule has 0 heterocycles. The molecule has 0 saturated carbocycles. The van der Waals surface area contributed by atoms with Gasteiger partial charge in [0.2, 0.25) is 0 Å². The van der Waals surface area contributed by atoms with Crippen molar-refractivity contribution in [1.29, 1.82) is 0 Å². The highest BCUT2D eigenvalue weighted by molar-refractivity contribution is 6.08. The van der Waals surface area contributed by atoms with Gasteiger partial charge in [0.15, 0.2) is 6.29 Å². The van der Waals surface area contributed by atoms with Crippen LogP contribution in [0.2, 0.25) is 0 Å². The summed E-state index contributed by atoms with van der Waals surface area (Å²) in [4.78, 5) is 25.4. The van der Waals surface area contributed by atoms with Crippen LogP contribution in [0.1, 0.15) is 34.6 Å². The van der Waals surface area contributed by atoms with Crippen LogP contribution >= 0.6 is 0 Å². The van der Waals surface area contributed by atoms with E-state index in [1.54, 1.807) is 49.3 Å². The molecule has 0 atom stereocenters. The first-order valence-electron chi connectivity index (χ1n) is 7.96. The second-order valence-electron chi connectivity index (χ2n) is 5.66. The van der Waals surface area contributed by atoms with E-state index in [1.807, 2.05) is 26.0 Å². The summed E-state index contributed by atoms with van der Waals surface area (Å²) in [6, 6.07) is 6.75. The largest absolute Gasteiger partial charge is 0.336 e. The summed E-state index contributed by atoms with van der Waals surface area (Å²) in [7, 11) is 3.40. The van der Waals surface area contributed by atoms with Gasteiger partial charge in [0.25, 0.3) is 5.91 Å². The molecule has 1 aromatic carbocycles. The second kappa shape index (κ2) is 10.0. The van der Waals surface area contributed by atoms with Crippen LogP contribution in [-0.2, 0) is 0 Å². The van der Waals surface area contributed by atoms with Gasteiger partial charge in [-0.15, -0.1) is 0 Å². The van der Waals surface area contributed by atoms with E-state index < -0.39 is 0 Å². The van der Waals surface area contributed by atoms with Crippen molar-refractivity contribution in [3.05, 3.63) is 71.3 Å². The number of hydrogen-bond donors (Lipinski definition) is 1. The lowest BCUT2D eigenvalue weighted by Gasteiger charge is -2.20. The molecule has 0 aliphatic rings. The minimum Gasteiger partial charge on any atom is -0.336 e. The van der Waals surface area contributed by atoms with Crippen molar-refractivity contribution in [2.45, 2.75) is 13.8 Å². The summed E-state index contributed by atoms with van der Waals surface area (Å²) in [5.74, 6) is -0.229. The first-order valence-corrected chi connectivity index (χ1v) is 7.96. The maximum Gasteiger partial charge on any atom is 0.254 e. The number of hydrazone groups is 1. The molecular formula is C20H25N3O2. The Kier molecular flexibility index (Phi) is 8.06. The maximum absolute atomic E-state index is 12.7. The second-order valence-corrected chi connectivity index (χ2v) is 5.66. The van der Waals surface area contributed by atoms with E-state index in [-0.39, 0.29) is 5.91 Å². The molecule has 0 aliphatic carbocycles. The van der Waals surface area contributed by atoms with Crippen molar-refractivity contribution in [1.82, 2.24) is 10.3 Å². The van der Waals surface area contributed by atoms with Crippen molar-refractivity contribution in [2.24, 2.45) is 5.10 Å². The standard InChI is InChI=1S/C20H25N3O2/c1-6-7-11-17(15(2)3)19(22-21-4)13-23(5)20(25)18-12-9-8-10-16(18)14-24/h6-12,14,21H,1,13H2,2-5H3/b11-7-,22-19-. The van der Waals surface area contributed by atoms with E-state index in [9.17, 15) is 9.59 Å². The van der Waals surface area contributed by atoms with Crippen LogP contribution in [0.5, 0.6) is 0 Å². The number of amides is 1. The summed E-state index contributed by atoms with van der Waals surface area (Å²) in [5.41, 5.74) is 6.26. The number of aldehydes is 1. The minimum absolute atomic E-state index is 0.229. The van der Waals surface area contributed by atoms with Gasteiger partial charge >= 0.3 is 0 Å². The Hall–Kier alpha value is -2.95. The molecule has 0 bridgehead atoms. The Bertz CT molecular complexity index is 726. The third-order valence-corrected chi connectivity index (χ3v) is 3.55. The molecule has 132 valence electrons. The zero-order chi connectivity index (χ0) is 18.8. The quantitative estimate of drug-likeness (QED) is 0.342. The fraction of sp³-hybridized carbons (Fsp3) is 0.250. The van der Waals surface area contributed by atoms with Crippen LogP contribution in [0.15, 0.2) is 65.3 Å². The van der Waals surface area contributed by atoms with E-state index in [0.717, 1.165) is 16.9 Å². The lowest BCUT2D eigenvalue weighted by atomic mass is 10.0. The lowest BCUT2D eigenvalue weighted by Crippen LogP contribution is -2.34. The van der Waals surface area contributed by atoms with Gasteiger partial charge in [-0.2, -0.15) is 5.10 Å². The zero-order valence-corrected chi connectivity index (χ0v) is 15.2. The number of rotatable bonds is 8. The van der Waals surface area contributed by atoms with Crippen molar-refractivity contribution < 1.29 is 9.59 Å². The Morgan fingerprint density at radius 2 is 2.00 bits per heavy atom. The van der Waals surface area contributed by atoms with Gasteiger partial charge in [-0.3, -0.25) is 9.59 Å². The molecule has 0 aromatic heterocycles. The van der Waals surface area contributed by atoms with E-state index >= 15 is 0 Å². The van der Waals surface area contributed by atoms with E-state index in [1.165, 1.54) is 0 Å². The molecule has 0 radical (unpaired) electrons.